The summed E-state index contributed by atoms with van der Waals surface area (Å²) in [4.78, 5) is 18.9. The SMILES string of the molecule is CC(C)(C)OC1CCN(c2ccccc2NC(=O)c2csc(Br)n2)CC1. The molecule has 7 heteroatoms. The van der Waals surface area contributed by atoms with Gasteiger partial charge in [-0.1, -0.05) is 12.1 Å². The summed E-state index contributed by atoms with van der Waals surface area (Å²) in [6, 6.07) is 7.93. The van der Waals surface area contributed by atoms with Crippen LogP contribution in [0.15, 0.2) is 33.6 Å². The van der Waals surface area contributed by atoms with Crippen molar-refractivity contribution in [2.45, 2.75) is 45.3 Å². The second-order valence-corrected chi connectivity index (χ2v) is 9.51. The lowest BCUT2D eigenvalue weighted by Crippen LogP contribution is -2.40. The highest BCUT2D eigenvalue weighted by atomic mass is 79.9. The number of carbonyl (C=O) groups is 1. The summed E-state index contributed by atoms with van der Waals surface area (Å²) >= 11 is 4.70. The molecule has 1 N–H and O–H groups in total. The first-order valence-electron chi connectivity index (χ1n) is 8.76. The minimum absolute atomic E-state index is 0.111. The average Bonchev–Trinajstić information content (AvgIpc) is 3.01. The Bertz CT molecular complexity index is 764. The van der Waals surface area contributed by atoms with Gasteiger partial charge in [0.05, 0.1) is 23.1 Å². The second-order valence-electron chi connectivity index (χ2n) is 7.37. The molecule has 0 saturated carbocycles. The Kier molecular flexibility index (Phi) is 5.99. The number of para-hydroxylation sites is 2. The molecular formula is C19H24BrN3O2S. The molecule has 1 aliphatic heterocycles. The first-order chi connectivity index (χ1) is 12.3. The van der Waals surface area contributed by atoms with Crippen LogP contribution in [-0.4, -0.2) is 35.7 Å². The lowest BCUT2D eigenvalue weighted by Gasteiger charge is -2.37. The van der Waals surface area contributed by atoms with E-state index >= 15 is 0 Å². The number of thiazole rings is 1. The number of hydrogen-bond acceptors (Lipinski definition) is 5. The summed E-state index contributed by atoms with van der Waals surface area (Å²) in [5, 5.41) is 4.75. The van der Waals surface area contributed by atoms with Crippen LogP contribution in [0.2, 0.25) is 0 Å². The van der Waals surface area contributed by atoms with Crippen molar-refractivity contribution in [3.8, 4) is 0 Å². The lowest BCUT2D eigenvalue weighted by molar-refractivity contribution is -0.0683. The molecule has 3 rings (SSSR count). The molecule has 0 radical (unpaired) electrons. The third-order valence-electron chi connectivity index (χ3n) is 4.16. The molecule has 5 nitrogen and oxygen atoms in total. The standard InChI is InChI=1S/C19H24BrN3O2S/c1-19(2,3)25-13-8-10-23(11-9-13)16-7-5-4-6-14(16)21-17(24)15-12-26-18(20)22-15/h4-7,12-13H,8-11H2,1-3H3,(H,21,24). The van der Waals surface area contributed by atoms with Gasteiger partial charge >= 0.3 is 0 Å². The zero-order chi connectivity index (χ0) is 18.7. The number of nitrogens with zero attached hydrogens (tertiary/aromatic N) is 2. The van der Waals surface area contributed by atoms with E-state index in [4.69, 9.17) is 4.74 Å². The molecular weight excluding hydrogens is 414 g/mol. The van der Waals surface area contributed by atoms with E-state index in [9.17, 15) is 4.79 Å². The lowest BCUT2D eigenvalue weighted by atomic mass is 10.0. The predicted octanol–water partition coefficient (Wildman–Crippen LogP) is 4.94. The molecule has 1 aliphatic rings. The van der Waals surface area contributed by atoms with Gasteiger partial charge in [0.15, 0.2) is 3.92 Å². The summed E-state index contributed by atoms with van der Waals surface area (Å²) in [5.74, 6) is -0.189. The highest BCUT2D eigenvalue weighted by Crippen LogP contribution is 2.30. The minimum Gasteiger partial charge on any atom is -0.372 e. The number of halogens is 1. The fraction of sp³-hybridized carbons (Fsp3) is 0.474. The van der Waals surface area contributed by atoms with Gasteiger partial charge in [-0.05, 0) is 61.7 Å². The highest BCUT2D eigenvalue weighted by Gasteiger charge is 2.25. The summed E-state index contributed by atoms with van der Waals surface area (Å²) in [7, 11) is 0. The third-order valence-corrected chi connectivity index (χ3v) is 5.53. The van der Waals surface area contributed by atoms with Gasteiger partial charge in [0.25, 0.3) is 5.91 Å². The third kappa shape index (κ3) is 5.05. The summed E-state index contributed by atoms with van der Waals surface area (Å²) in [5.41, 5.74) is 2.18. The van der Waals surface area contributed by atoms with Crippen LogP contribution in [0, 0.1) is 0 Å². The Labute approximate surface area is 166 Å². The van der Waals surface area contributed by atoms with Gasteiger partial charge < -0.3 is 15.0 Å². The molecule has 0 bridgehead atoms. The number of amides is 1. The predicted molar refractivity (Wildman–Crippen MR) is 110 cm³/mol. The molecule has 1 aromatic carbocycles. The number of anilines is 2. The molecule has 0 atom stereocenters. The first kappa shape index (κ1) is 19.3. The first-order valence-corrected chi connectivity index (χ1v) is 10.4. The number of hydrogen-bond donors (Lipinski definition) is 1. The van der Waals surface area contributed by atoms with Gasteiger partial charge in [-0.25, -0.2) is 4.98 Å². The zero-order valence-corrected chi connectivity index (χ0v) is 17.7. The maximum Gasteiger partial charge on any atom is 0.275 e. The largest absolute Gasteiger partial charge is 0.372 e. The quantitative estimate of drug-likeness (QED) is 0.735. The molecule has 0 unspecified atom stereocenters. The topological polar surface area (TPSA) is 54.5 Å². The molecule has 1 amide bonds. The van der Waals surface area contributed by atoms with Gasteiger partial charge in [-0.15, -0.1) is 11.3 Å². The van der Waals surface area contributed by atoms with Gasteiger partial charge in [-0.3, -0.25) is 4.79 Å². The smallest absolute Gasteiger partial charge is 0.275 e. The number of aromatic nitrogens is 1. The van der Waals surface area contributed by atoms with E-state index in [-0.39, 0.29) is 11.5 Å². The van der Waals surface area contributed by atoms with E-state index in [0.717, 1.165) is 37.3 Å². The van der Waals surface area contributed by atoms with Gasteiger partial charge in [0, 0.05) is 18.5 Å². The van der Waals surface area contributed by atoms with Crippen molar-refractivity contribution in [3.05, 3.63) is 39.3 Å². The monoisotopic (exact) mass is 437 g/mol. The van der Waals surface area contributed by atoms with Crippen LogP contribution in [0.4, 0.5) is 11.4 Å². The van der Waals surface area contributed by atoms with Crippen LogP contribution in [0.3, 0.4) is 0 Å². The van der Waals surface area contributed by atoms with Crippen LogP contribution in [0.25, 0.3) is 0 Å². The fourth-order valence-corrected chi connectivity index (χ4v) is 4.10. The molecule has 1 fully saturated rings. The number of rotatable bonds is 4. The number of ether oxygens (including phenoxy) is 1. The molecule has 140 valence electrons. The summed E-state index contributed by atoms with van der Waals surface area (Å²) in [6.07, 6.45) is 2.26. The summed E-state index contributed by atoms with van der Waals surface area (Å²) in [6.45, 7) is 8.12. The van der Waals surface area contributed by atoms with Crippen molar-refractivity contribution in [1.29, 1.82) is 0 Å². The zero-order valence-electron chi connectivity index (χ0n) is 15.3. The number of nitrogens with one attached hydrogen (secondary N) is 1. The van der Waals surface area contributed by atoms with Crippen molar-refractivity contribution in [3.63, 3.8) is 0 Å². The van der Waals surface area contributed by atoms with Crippen molar-refractivity contribution in [2.75, 3.05) is 23.3 Å². The van der Waals surface area contributed by atoms with Crippen LogP contribution in [0.5, 0.6) is 0 Å². The molecule has 2 aromatic rings. The maximum atomic E-state index is 12.4. The normalized spacial score (nSPS) is 15.9. The maximum absolute atomic E-state index is 12.4. The molecule has 0 aliphatic carbocycles. The van der Waals surface area contributed by atoms with E-state index < -0.39 is 0 Å². The van der Waals surface area contributed by atoms with Crippen molar-refractivity contribution < 1.29 is 9.53 Å². The van der Waals surface area contributed by atoms with E-state index in [1.807, 2.05) is 18.2 Å². The van der Waals surface area contributed by atoms with E-state index in [1.54, 1.807) is 5.38 Å². The second kappa shape index (κ2) is 8.06. The van der Waals surface area contributed by atoms with Gasteiger partial charge in [0.2, 0.25) is 0 Å². The van der Waals surface area contributed by atoms with Crippen LogP contribution >= 0.6 is 27.3 Å². The van der Waals surface area contributed by atoms with Crippen molar-refractivity contribution in [2.24, 2.45) is 0 Å². The summed E-state index contributed by atoms with van der Waals surface area (Å²) < 4.78 is 6.82. The van der Waals surface area contributed by atoms with Crippen LogP contribution < -0.4 is 10.2 Å². The molecule has 2 heterocycles. The average molecular weight is 438 g/mol. The minimum atomic E-state index is -0.189. The Balaban J connectivity index is 1.67. The van der Waals surface area contributed by atoms with Gasteiger partial charge in [-0.2, -0.15) is 0 Å². The van der Waals surface area contributed by atoms with Crippen molar-refractivity contribution in [1.82, 2.24) is 4.98 Å². The van der Waals surface area contributed by atoms with Crippen LogP contribution in [-0.2, 0) is 4.74 Å². The van der Waals surface area contributed by atoms with Crippen LogP contribution in [0.1, 0.15) is 44.1 Å². The van der Waals surface area contributed by atoms with E-state index in [0.29, 0.717) is 15.7 Å². The molecule has 0 spiro atoms. The molecule has 1 saturated heterocycles. The van der Waals surface area contributed by atoms with Gasteiger partial charge in [0.1, 0.15) is 5.69 Å². The Morgan fingerprint density at radius 2 is 2.00 bits per heavy atom. The molecule has 1 aromatic heterocycles. The van der Waals surface area contributed by atoms with E-state index in [2.05, 4.69) is 58.0 Å². The molecule has 26 heavy (non-hydrogen) atoms. The Morgan fingerprint density at radius 3 is 2.62 bits per heavy atom. The highest BCUT2D eigenvalue weighted by molar-refractivity contribution is 9.11. The van der Waals surface area contributed by atoms with Crippen molar-refractivity contribution >= 4 is 44.5 Å². The Hall–Kier alpha value is -1.44. The number of carbonyl (C=O) groups excluding carboxylic acids is 1. The Morgan fingerprint density at radius 1 is 1.31 bits per heavy atom. The number of piperidine rings is 1. The van der Waals surface area contributed by atoms with E-state index in [1.165, 1.54) is 11.3 Å². The number of benzene rings is 1. The fourth-order valence-electron chi connectivity index (χ4n) is 3.11.